The molecule has 3 aliphatic rings. The van der Waals surface area contributed by atoms with Crippen molar-refractivity contribution in [3.63, 3.8) is 0 Å². The van der Waals surface area contributed by atoms with Gasteiger partial charge in [-0.05, 0) is 50.2 Å². The molecule has 1 saturated carbocycles. The Morgan fingerprint density at radius 3 is 2.81 bits per heavy atom. The van der Waals surface area contributed by atoms with Crippen LogP contribution in [-0.2, 0) is 6.54 Å². The molecule has 5 rings (SSSR count). The fourth-order valence-electron chi connectivity index (χ4n) is 5.07. The van der Waals surface area contributed by atoms with Gasteiger partial charge in [0.1, 0.15) is 11.9 Å². The van der Waals surface area contributed by atoms with Gasteiger partial charge in [-0.25, -0.2) is 0 Å². The number of aromatic nitrogens is 2. The van der Waals surface area contributed by atoms with Gasteiger partial charge < -0.3 is 24.2 Å². The third kappa shape index (κ3) is 3.73. The molecule has 0 unspecified atom stereocenters. The van der Waals surface area contributed by atoms with E-state index in [2.05, 4.69) is 12.0 Å². The van der Waals surface area contributed by atoms with Crippen LogP contribution in [0.4, 0.5) is 0 Å². The lowest BCUT2D eigenvalue weighted by Gasteiger charge is -2.35. The quantitative estimate of drug-likeness (QED) is 0.790. The minimum Gasteiger partial charge on any atom is -0.488 e. The van der Waals surface area contributed by atoms with Gasteiger partial charge in [-0.15, -0.1) is 0 Å². The molecule has 1 amide bonds. The molecule has 0 bridgehead atoms. The highest BCUT2D eigenvalue weighted by atomic mass is 16.7. The Morgan fingerprint density at radius 1 is 1.23 bits per heavy atom. The van der Waals surface area contributed by atoms with Gasteiger partial charge in [0.15, 0.2) is 11.5 Å². The normalized spacial score (nSPS) is 26.7. The van der Waals surface area contributed by atoms with Crippen LogP contribution in [0.1, 0.15) is 42.2 Å². The number of rotatable bonds is 5. The Labute approximate surface area is 181 Å². The number of likely N-dealkylation sites (tertiary alicyclic amines) is 1. The molecule has 1 aliphatic carbocycles. The van der Waals surface area contributed by atoms with E-state index in [0.717, 1.165) is 25.1 Å². The Kier molecular flexibility index (Phi) is 5.25. The van der Waals surface area contributed by atoms with E-state index in [0.29, 0.717) is 54.2 Å². The standard InChI is InChI=1S/C23H29N3O5/c1-3-6-26-14(2)18(10-24-26)23(28)25-11-15-7-19(27)21(8-16(15)12-25)31-17-4-5-20-22(9-17)30-13-29-20/h4-5,9-10,15-16,19,21,27H,3,6-8,11-13H2,1-2H3/t15-,16+,19+,21+/m0/s1. The molecular formula is C23H29N3O5. The van der Waals surface area contributed by atoms with E-state index in [9.17, 15) is 9.90 Å². The first-order valence-electron chi connectivity index (χ1n) is 11.1. The third-order valence-electron chi connectivity index (χ3n) is 6.77. The lowest BCUT2D eigenvalue weighted by molar-refractivity contribution is -0.0232. The van der Waals surface area contributed by atoms with Crippen LogP contribution >= 0.6 is 0 Å². The van der Waals surface area contributed by atoms with Crippen molar-refractivity contribution in [2.75, 3.05) is 19.9 Å². The molecule has 4 atom stereocenters. The second-order valence-electron chi connectivity index (χ2n) is 8.81. The van der Waals surface area contributed by atoms with Crippen molar-refractivity contribution in [1.29, 1.82) is 0 Å². The monoisotopic (exact) mass is 427 g/mol. The summed E-state index contributed by atoms with van der Waals surface area (Å²) in [6.07, 6.45) is 3.17. The number of benzene rings is 1. The number of ether oxygens (including phenoxy) is 3. The van der Waals surface area contributed by atoms with Gasteiger partial charge in [0.2, 0.25) is 6.79 Å². The topological polar surface area (TPSA) is 86.1 Å². The minimum atomic E-state index is -0.559. The minimum absolute atomic E-state index is 0.0389. The van der Waals surface area contributed by atoms with Gasteiger partial charge in [-0.1, -0.05) is 6.92 Å². The summed E-state index contributed by atoms with van der Waals surface area (Å²) < 4.78 is 18.8. The molecule has 1 N–H and O–H groups in total. The zero-order valence-corrected chi connectivity index (χ0v) is 18.0. The number of hydrogen-bond donors (Lipinski definition) is 1. The molecule has 1 saturated heterocycles. The number of nitrogens with zero attached hydrogens (tertiary/aromatic N) is 3. The average molecular weight is 428 g/mol. The summed E-state index contributed by atoms with van der Waals surface area (Å²) in [5.74, 6) is 2.68. The molecule has 1 aromatic carbocycles. The third-order valence-corrected chi connectivity index (χ3v) is 6.77. The number of fused-ring (bicyclic) bond motifs is 2. The van der Waals surface area contributed by atoms with E-state index in [1.165, 1.54) is 0 Å². The predicted octanol–water partition coefficient (Wildman–Crippen LogP) is 2.62. The summed E-state index contributed by atoms with van der Waals surface area (Å²) >= 11 is 0. The van der Waals surface area contributed by atoms with Crippen molar-refractivity contribution in [3.05, 3.63) is 35.7 Å². The van der Waals surface area contributed by atoms with Crippen molar-refractivity contribution in [1.82, 2.24) is 14.7 Å². The fourth-order valence-corrected chi connectivity index (χ4v) is 5.07. The van der Waals surface area contributed by atoms with E-state index < -0.39 is 6.10 Å². The summed E-state index contributed by atoms with van der Waals surface area (Å²) in [5, 5.41) is 15.1. The van der Waals surface area contributed by atoms with Crippen LogP contribution in [0.25, 0.3) is 0 Å². The molecule has 2 fully saturated rings. The molecule has 0 radical (unpaired) electrons. The number of hydrogen-bond acceptors (Lipinski definition) is 6. The van der Waals surface area contributed by atoms with Crippen LogP contribution in [0.5, 0.6) is 17.2 Å². The van der Waals surface area contributed by atoms with E-state index in [4.69, 9.17) is 14.2 Å². The van der Waals surface area contributed by atoms with Crippen molar-refractivity contribution in [3.8, 4) is 17.2 Å². The average Bonchev–Trinajstić information content (AvgIpc) is 3.47. The van der Waals surface area contributed by atoms with Gasteiger partial charge in [0.25, 0.3) is 5.91 Å². The van der Waals surface area contributed by atoms with Gasteiger partial charge in [-0.2, -0.15) is 5.10 Å². The molecule has 166 valence electrons. The summed E-state index contributed by atoms with van der Waals surface area (Å²) in [6, 6.07) is 5.47. The van der Waals surface area contributed by atoms with Gasteiger partial charge in [-0.3, -0.25) is 9.48 Å². The molecule has 0 spiro atoms. The molecule has 8 nitrogen and oxygen atoms in total. The first-order valence-corrected chi connectivity index (χ1v) is 11.1. The van der Waals surface area contributed by atoms with Crippen molar-refractivity contribution in [2.45, 2.75) is 51.9 Å². The summed E-state index contributed by atoms with van der Waals surface area (Å²) in [6.45, 7) is 6.45. The maximum atomic E-state index is 13.1. The molecule has 2 aromatic rings. The second-order valence-corrected chi connectivity index (χ2v) is 8.81. The summed E-state index contributed by atoms with van der Waals surface area (Å²) in [4.78, 5) is 15.1. The lowest BCUT2D eigenvalue weighted by atomic mass is 9.78. The highest BCUT2D eigenvalue weighted by Crippen LogP contribution is 2.40. The zero-order chi connectivity index (χ0) is 21.5. The summed E-state index contributed by atoms with van der Waals surface area (Å²) in [5.41, 5.74) is 1.60. The number of aliphatic hydroxyl groups is 1. The molecule has 8 heteroatoms. The molecular weight excluding hydrogens is 398 g/mol. The van der Waals surface area contributed by atoms with Gasteiger partial charge in [0.05, 0.1) is 17.9 Å². The van der Waals surface area contributed by atoms with E-state index in [1.54, 1.807) is 6.20 Å². The highest BCUT2D eigenvalue weighted by Gasteiger charge is 2.44. The lowest BCUT2D eigenvalue weighted by Crippen LogP contribution is -2.42. The number of amides is 1. The zero-order valence-electron chi connectivity index (χ0n) is 18.0. The first kappa shape index (κ1) is 20.2. The van der Waals surface area contributed by atoms with E-state index >= 15 is 0 Å². The first-order chi connectivity index (χ1) is 15.0. The van der Waals surface area contributed by atoms with Crippen molar-refractivity contribution < 1.29 is 24.1 Å². The largest absolute Gasteiger partial charge is 0.488 e. The summed E-state index contributed by atoms with van der Waals surface area (Å²) in [7, 11) is 0. The Morgan fingerprint density at radius 2 is 2.00 bits per heavy atom. The van der Waals surface area contributed by atoms with Crippen LogP contribution in [0.2, 0.25) is 0 Å². The van der Waals surface area contributed by atoms with Crippen LogP contribution < -0.4 is 14.2 Å². The van der Waals surface area contributed by atoms with E-state index in [1.807, 2.05) is 34.7 Å². The van der Waals surface area contributed by atoms with Crippen LogP contribution in [0, 0.1) is 18.8 Å². The highest BCUT2D eigenvalue weighted by molar-refractivity contribution is 5.95. The molecule has 1 aromatic heterocycles. The SMILES string of the molecule is CCCn1ncc(C(=O)N2C[C@H]3C[C@@H](Oc4ccc5c(c4)OCO5)[C@H](O)C[C@H]3C2)c1C. The number of carbonyl (C=O) groups is 1. The van der Waals surface area contributed by atoms with Gasteiger partial charge in [0, 0.05) is 31.4 Å². The maximum Gasteiger partial charge on any atom is 0.257 e. The predicted molar refractivity (Wildman–Crippen MR) is 112 cm³/mol. The molecule has 31 heavy (non-hydrogen) atoms. The number of carbonyl (C=O) groups excluding carboxylic acids is 1. The van der Waals surface area contributed by atoms with Crippen LogP contribution in [0.15, 0.2) is 24.4 Å². The Hall–Kier alpha value is -2.74. The van der Waals surface area contributed by atoms with Crippen LogP contribution in [-0.4, -0.2) is 57.8 Å². The second kappa shape index (κ2) is 8.07. The van der Waals surface area contributed by atoms with E-state index in [-0.39, 0.29) is 18.8 Å². The number of aryl methyl sites for hydroxylation is 1. The molecule has 2 aliphatic heterocycles. The Bertz CT molecular complexity index is 974. The van der Waals surface area contributed by atoms with Crippen molar-refractivity contribution >= 4 is 5.91 Å². The van der Waals surface area contributed by atoms with Gasteiger partial charge >= 0.3 is 0 Å². The fraction of sp³-hybridized carbons (Fsp3) is 0.565. The Balaban J connectivity index is 1.25. The smallest absolute Gasteiger partial charge is 0.257 e. The van der Waals surface area contributed by atoms with Crippen molar-refractivity contribution in [2.24, 2.45) is 11.8 Å². The molecule has 3 heterocycles. The maximum absolute atomic E-state index is 13.1. The number of aliphatic hydroxyl groups excluding tert-OH is 1. The van der Waals surface area contributed by atoms with Crippen LogP contribution in [0.3, 0.4) is 0 Å².